The molecule has 0 radical (unpaired) electrons. The van der Waals surface area contributed by atoms with Gasteiger partial charge in [0.05, 0.1) is 5.92 Å². The summed E-state index contributed by atoms with van der Waals surface area (Å²) >= 11 is 1.86. The third-order valence-electron chi connectivity index (χ3n) is 6.47. The number of likely N-dealkylation sites (tertiary alicyclic amines) is 2. The van der Waals surface area contributed by atoms with Crippen LogP contribution in [0.15, 0.2) is 11.4 Å². The molecule has 3 amide bonds. The van der Waals surface area contributed by atoms with Crippen LogP contribution in [0.3, 0.4) is 0 Å². The Labute approximate surface area is 171 Å². The Morgan fingerprint density at radius 2 is 1.96 bits per heavy atom. The maximum absolute atomic E-state index is 12.8. The number of hydrogen-bond donors (Lipinski definition) is 1. The molecule has 1 aromatic heterocycles. The topological polar surface area (TPSA) is 55.9 Å². The maximum atomic E-state index is 12.8. The highest BCUT2D eigenvalue weighted by molar-refractivity contribution is 7.10. The average molecular weight is 405 g/mol. The minimum absolute atomic E-state index is 0.0719. The number of nitrogens with one attached hydrogen (secondary N) is 1. The second-order valence-corrected chi connectivity index (χ2v) is 9.45. The fourth-order valence-corrected chi connectivity index (χ4v) is 5.53. The molecule has 154 valence electrons. The van der Waals surface area contributed by atoms with Crippen molar-refractivity contribution in [2.75, 3.05) is 39.3 Å². The molecule has 7 heteroatoms. The largest absolute Gasteiger partial charge is 0.354 e. The number of amides is 3. The SMILES string of the molecule is CC(CNC(=O)C1CCCN(C(=O)N2CCCC2)C1)N1CCc2sccc2C1. The van der Waals surface area contributed by atoms with Gasteiger partial charge < -0.3 is 15.1 Å². The lowest BCUT2D eigenvalue weighted by Gasteiger charge is -2.35. The molecule has 2 saturated heterocycles. The smallest absolute Gasteiger partial charge is 0.320 e. The Bertz CT molecular complexity index is 700. The number of piperidine rings is 1. The molecule has 28 heavy (non-hydrogen) atoms. The Morgan fingerprint density at radius 1 is 1.18 bits per heavy atom. The predicted octanol–water partition coefficient (Wildman–Crippen LogP) is 2.54. The second-order valence-electron chi connectivity index (χ2n) is 8.45. The molecule has 2 unspecified atom stereocenters. The van der Waals surface area contributed by atoms with Crippen LogP contribution in [0, 0.1) is 5.92 Å². The van der Waals surface area contributed by atoms with Gasteiger partial charge in [-0.15, -0.1) is 11.3 Å². The van der Waals surface area contributed by atoms with Crippen LogP contribution in [0.5, 0.6) is 0 Å². The Kier molecular flexibility index (Phi) is 6.21. The molecule has 0 aliphatic carbocycles. The van der Waals surface area contributed by atoms with E-state index in [1.807, 2.05) is 21.1 Å². The zero-order valence-corrected chi connectivity index (χ0v) is 17.7. The van der Waals surface area contributed by atoms with E-state index in [9.17, 15) is 9.59 Å². The highest BCUT2D eigenvalue weighted by atomic mass is 32.1. The number of hydrogen-bond acceptors (Lipinski definition) is 4. The summed E-state index contributed by atoms with van der Waals surface area (Å²) < 4.78 is 0. The number of rotatable bonds is 4. The van der Waals surface area contributed by atoms with Gasteiger partial charge >= 0.3 is 6.03 Å². The predicted molar refractivity (Wildman–Crippen MR) is 111 cm³/mol. The van der Waals surface area contributed by atoms with Gasteiger partial charge in [0.15, 0.2) is 0 Å². The van der Waals surface area contributed by atoms with Gasteiger partial charge in [-0.1, -0.05) is 0 Å². The number of carbonyl (C=O) groups is 2. The first kappa shape index (κ1) is 19.7. The van der Waals surface area contributed by atoms with E-state index >= 15 is 0 Å². The minimum Gasteiger partial charge on any atom is -0.354 e. The van der Waals surface area contributed by atoms with E-state index in [1.165, 1.54) is 10.4 Å². The molecule has 0 saturated carbocycles. The summed E-state index contributed by atoms with van der Waals surface area (Å²) in [6.07, 6.45) is 5.11. The monoisotopic (exact) mass is 404 g/mol. The first-order chi connectivity index (χ1) is 13.6. The van der Waals surface area contributed by atoms with Crippen molar-refractivity contribution >= 4 is 23.3 Å². The first-order valence-electron chi connectivity index (χ1n) is 10.7. The number of nitrogens with zero attached hydrogens (tertiary/aromatic N) is 3. The molecule has 3 aliphatic rings. The molecule has 4 heterocycles. The Morgan fingerprint density at radius 3 is 2.79 bits per heavy atom. The van der Waals surface area contributed by atoms with Crippen LogP contribution in [0.1, 0.15) is 43.0 Å². The van der Waals surface area contributed by atoms with E-state index in [0.29, 0.717) is 19.1 Å². The van der Waals surface area contributed by atoms with Crippen molar-refractivity contribution in [2.45, 2.75) is 51.6 Å². The Balaban J connectivity index is 1.24. The third-order valence-corrected chi connectivity index (χ3v) is 7.49. The molecule has 4 rings (SSSR count). The van der Waals surface area contributed by atoms with Gasteiger partial charge in [0.25, 0.3) is 0 Å². The third kappa shape index (κ3) is 4.35. The van der Waals surface area contributed by atoms with Gasteiger partial charge in [-0.25, -0.2) is 4.79 Å². The first-order valence-corrected chi connectivity index (χ1v) is 11.6. The highest BCUT2D eigenvalue weighted by Gasteiger charge is 2.32. The molecular formula is C21H32N4O2S. The molecule has 0 spiro atoms. The maximum Gasteiger partial charge on any atom is 0.320 e. The highest BCUT2D eigenvalue weighted by Crippen LogP contribution is 2.25. The van der Waals surface area contributed by atoms with Gasteiger partial charge in [-0.05, 0) is 56.0 Å². The molecule has 1 N–H and O–H groups in total. The zero-order valence-electron chi connectivity index (χ0n) is 16.9. The van der Waals surface area contributed by atoms with Crippen LogP contribution < -0.4 is 5.32 Å². The number of carbonyl (C=O) groups excluding carboxylic acids is 2. The molecule has 0 aromatic carbocycles. The van der Waals surface area contributed by atoms with Crippen LogP contribution in [0.4, 0.5) is 4.79 Å². The molecule has 6 nitrogen and oxygen atoms in total. The molecule has 2 fully saturated rings. The summed E-state index contributed by atoms with van der Waals surface area (Å²) in [7, 11) is 0. The standard InChI is InChI=1S/C21H32N4O2S/c1-16(24-11-6-19-17(14-24)7-12-28-19)13-22-20(26)18-5-4-10-25(15-18)21(27)23-8-2-3-9-23/h7,12,16,18H,2-6,8-11,13-15H2,1H3,(H,22,26). The molecule has 0 bridgehead atoms. The normalized spacial score (nSPS) is 24.1. The fraction of sp³-hybridized carbons (Fsp3) is 0.714. The Hall–Kier alpha value is -1.60. The van der Waals surface area contributed by atoms with Crippen LogP contribution in [-0.2, 0) is 17.8 Å². The van der Waals surface area contributed by atoms with Crippen LogP contribution in [-0.4, -0.2) is 71.9 Å². The van der Waals surface area contributed by atoms with E-state index < -0.39 is 0 Å². The van der Waals surface area contributed by atoms with Crippen molar-refractivity contribution in [1.82, 2.24) is 20.0 Å². The quantitative estimate of drug-likeness (QED) is 0.839. The summed E-state index contributed by atoms with van der Waals surface area (Å²) in [5.41, 5.74) is 1.44. The van der Waals surface area contributed by atoms with Gasteiger partial charge in [-0.2, -0.15) is 0 Å². The molecule has 3 aliphatic heterocycles. The fourth-order valence-electron chi connectivity index (χ4n) is 4.64. The van der Waals surface area contributed by atoms with Crippen LogP contribution >= 0.6 is 11.3 Å². The average Bonchev–Trinajstić information content (AvgIpc) is 3.42. The summed E-state index contributed by atoms with van der Waals surface area (Å²) in [5.74, 6) is 0.0383. The molecular weight excluding hydrogens is 372 g/mol. The van der Waals surface area contributed by atoms with E-state index in [0.717, 1.165) is 64.8 Å². The number of thiophene rings is 1. The number of fused-ring (bicyclic) bond motifs is 1. The summed E-state index contributed by atoms with van der Waals surface area (Å²) in [6, 6.07) is 2.68. The van der Waals surface area contributed by atoms with Gasteiger partial charge in [-0.3, -0.25) is 9.69 Å². The number of urea groups is 1. The second kappa shape index (κ2) is 8.82. The van der Waals surface area contributed by atoms with E-state index in [-0.39, 0.29) is 17.9 Å². The molecule has 1 aromatic rings. The lowest BCUT2D eigenvalue weighted by Crippen LogP contribution is -2.51. The van der Waals surface area contributed by atoms with Crippen molar-refractivity contribution < 1.29 is 9.59 Å². The molecule has 2 atom stereocenters. The summed E-state index contributed by atoms with van der Waals surface area (Å²) in [6.45, 7) is 8.00. The van der Waals surface area contributed by atoms with Crippen molar-refractivity contribution in [3.63, 3.8) is 0 Å². The van der Waals surface area contributed by atoms with Crippen LogP contribution in [0.25, 0.3) is 0 Å². The van der Waals surface area contributed by atoms with E-state index in [4.69, 9.17) is 0 Å². The van der Waals surface area contributed by atoms with Crippen LogP contribution in [0.2, 0.25) is 0 Å². The lowest BCUT2D eigenvalue weighted by atomic mass is 9.97. The van der Waals surface area contributed by atoms with Crippen molar-refractivity contribution in [1.29, 1.82) is 0 Å². The zero-order chi connectivity index (χ0) is 19.5. The van der Waals surface area contributed by atoms with E-state index in [2.05, 4.69) is 28.6 Å². The van der Waals surface area contributed by atoms with Gasteiger partial charge in [0, 0.05) is 56.7 Å². The van der Waals surface area contributed by atoms with E-state index in [1.54, 1.807) is 0 Å². The van der Waals surface area contributed by atoms with Gasteiger partial charge in [0.2, 0.25) is 5.91 Å². The summed E-state index contributed by atoms with van der Waals surface area (Å²) in [4.78, 5) is 33.2. The summed E-state index contributed by atoms with van der Waals surface area (Å²) in [5, 5.41) is 5.35. The minimum atomic E-state index is -0.0719. The van der Waals surface area contributed by atoms with Crippen molar-refractivity contribution in [3.8, 4) is 0 Å². The van der Waals surface area contributed by atoms with Crippen molar-refractivity contribution in [3.05, 3.63) is 21.9 Å². The lowest BCUT2D eigenvalue weighted by molar-refractivity contribution is -0.126. The van der Waals surface area contributed by atoms with Crippen molar-refractivity contribution in [2.24, 2.45) is 5.92 Å². The van der Waals surface area contributed by atoms with Gasteiger partial charge in [0.1, 0.15) is 0 Å².